The number of pyridine rings is 1. The number of halogens is 3. The number of nitrogens with one attached hydrogen (secondary N) is 1. The van der Waals surface area contributed by atoms with Gasteiger partial charge in [0.2, 0.25) is 0 Å². The van der Waals surface area contributed by atoms with Crippen molar-refractivity contribution in [1.82, 2.24) is 4.98 Å². The van der Waals surface area contributed by atoms with E-state index in [2.05, 4.69) is 10.3 Å². The van der Waals surface area contributed by atoms with Crippen LogP contribution in [0.4, 0.5) is 10.1 Å². The standard InChI is InChI=1S/C16H11Cl2FN2/c17-12-7-11-2-1-5-20-16(11)15(8-12)21-9-10-3-4-13(18)14(19)6-10/h1-8,21H,9H2. The lowest BCUT2D eigenvalue weighted by Crippen LogP contribution is -2.01. The van der Waals surface area contributed by atoms with Crippen LogP contribution in [-0.2, 0) is 6.54 Å². The molecule has 0 bridgehead atoms. The van der Waals surface area contributed by atoms with Crippen molar-refractivity contribution in [2.45, 2.75) is 6.54 Å². The monoisotopic (exact) mass is 320 g/mol. The van der Waals surface area contributed by atoms with Crippen molar-refractivity contribution >= 4 is 39.8 Å². The zero-order valence-electron chi connectivity index (χ0n) is 10.9. The maximum atomic E-state index is 13.4. The van der Waals surface area contributed by atoms with Gasteiger partial charge in [0.05, 0.1) is 16.2 Å². The molecule has 2 nitrogen and oxygen atoms in total. The van der Waals surface area contributed by atoms with Crippen LogP contribution in [0.1, 0.15) is 5.56 Å². The third-order valence-corrected chi connectivity index (χ3v) is 3.66. The number of aromatic nitrogens is 1. The molecule has 0 amide bonds. The molecule has 1 heterocycles. The van der Waals surface area contributed by atoms with E-state index in [1.54, 1.807) is 18.3 Å². The summed E-state index contributed by atoms with van der Waals surface area (Å²) in [6, 6.07) is 12.2. The number of fused-ring (bicyclic) bond motifs is 1. The lowest BCUT2D eigenvalue weighted by atomic mass is 10.1. The quantitative estimate of drug-likeness (QED) is 0.709. The van der Waals surface area contributed by atoms with Gasteiger partial charge in [0.25, 0.3) is 0 Å². The van der Waals surface area contributed by atoms with Crippen molar-refractivity contribution in [2.24, 2.45) is 0 Å². The highest BCUT2D eigenvalue weighted by Gasteiger charge is 2.05. The topological polar surface area (TPSA) is 24.9 Å². The van der Waals surface area contributed by atoms with Crippen molar-refractivity contribution in [3.05, 3.63) is 70.1 Å². The van der Waals surface area contributed by atoms with Crippen LogP contribution in [0.3, 0.4) is 0 Å². The third kappa shape index (κ3) is 3.09. The maximum absolute atomic E-state index is 13.4. The predicted molar refractivity (Wildman–Crippen MR) is 85.5 cm³/mol. The van der Waals surface area contributed by atoms with E-state index >= 15 is 0 Å². The lowest BCUT2D eigenvalue weighted by Gasteiger charge is -2.10. The van der Waals surface area contributed by atoms with Gasteiger partial charge in [-0.25, -0.2) is 4.39 Å². The second kappa shape index (κ2) is 5.88. The van der Waals surface area contributed by atoms with Gasteiger partial charge in [-0.1, -0.05) is 35.3 Å². The summed E-state index contributed by atoms with van der Waals surface area (Å²) in [4.78, 5) is 4.35. The van der Waals surface area contributed by atoms with Crippen LogP contribution in [-0.4, -0.2) is 4.98 Å². The molecule has 0 unspecified atom stereocenters. The molecule has 1 N–H and O–H groups in total. The van der Waals surface area contributed by atoms with Gasteiger partial charge in [0, 0.05) is 23.2 Å². The average Bonchev–Trinajstić information content (AvgIpc) is 2.48. The highest BCUT2D eigenvalue weighted by molar-refractivity contribution is 6.32. The van der Waals surface area contributed by atoms with Crippen molar-refractivity contribution in [3.63, 3.8) is 0 Å². The Bertz CT molecular complexity index is 805. The molecular formula is C16H11Cl2FN2. The second-order valence-electron chi connectivity index (χ2n) is 4.63. The van der Waals surface area contributed by atoms with Gasteiger partial charge in [-0.3, -0.25) is 4.98 Å². The summed E-state index contributed by atoms with van der Waals surface area (Å²) in [5, 5.41) is 4.93. The average molecular weight is 321 g/mol. The Morgan fingerprint density at radius 1 is 1.10 bits per heavy atom. The fraction of sp³-hybridized carbons (Fsp3) is 0.0625. The molecule has 1 aromatic heterocycles. The molecule has 0 spiro atoms. The Kier molecular flexibility index (Phi) is 3.95. The molecule has 0 aliphatic rings. The molecule has 21 heavy (non-hydrogen) atoms. The molecule has 0 aliphatic heterocycles. The number of rotatable bonds is 3. The minimum absolute atomic E-state index is 0.119. The first kappa shape index (κ1) is 14.1. The van der Waals surface area contributed by atoms with Crippen molar-refractivity contribution < 1.29 is 4.39 Å². The van der Waals surface area contributed by atoms with E-state index in [0.29, 0.717) is 11.6 Å². The highest BCUT2D eigenvalue weighted by atomic mass is 35.5. The van der Waals surface area contributed by atoms with E-state index in [4.69, 9.17) is 23.2 Å². The smallest absolute Gasteiger partial charge is 0.142 e. The van der Waals surface area contributed by atoms with Crippen LogP contribution in [0.25, 0.3) is 10.9 Å². The van der Waals surface area contributed by atoms with Crippen molar-refractivity contribution in [3.8, 4) is 0 Å². The maximum Gasteiger partial charge on any atom is 0.142 e. The molecule has 3 rings (SSSR count). The zero-order chi connectivity index (χ0) is 14.8. The van der Waals surface area contributed by atoms with Crippen molar-refractivity contribution in [2.75, 3.05) is 5.32 Å². The molecule has 3 aromatic rings. The molecule has 0 saturated carbocycles. The van der Waals surface area contributed by atoms with Gasteiger partial charge in [-0.15, -0.1) is 0 Å². The number of hydrogen-bond donors (Lipinski definition) is 1. The van der Waals surface area contributed by atoms with Crippen LogP contribution < -0.4 is 5.32 Å². The van der Waals surface area contributed by atoms with Crippen LogP contribution in [0, 0.1) is 5.82 Å². The van der Waals surface area contributed by atoms with Crippen LogP contribution in [0.2, 0.25) is 10.0 Å². The molecule has 0 fully saturated rings. The van der Waals surface area contributed by atoms with Gasteiger partial charge in [-0.05, 0) is 35.9 Å². The SMILES string of the molecule is Fc1cc(CNc2cc(Cl)cc3cccnc23)ccc1Cl. The van der Waals surface area contributed by atoms with Crippen LogP contribution in [0.15, 0.2) is 48.7 Å². The van der Waals surface area contributed by atoms with E-state index in [9.17, 15) is 4.39 Å². The molecule has 0 saturated heterocycles. The van der Waals surface area contributed by atoms with E-state index in [0.717, 1.165) is 22.2 Å². The number of benzene rings is 2. The molecule has 5 heteroatoms. The Morgan fingerprint density at radius 3 is 2.76 bits per heavy atom. The summed E-state index contributed by atoms with van der Waals surface area (Å²) < 4.78 is 13.4. The fourth-order valence-corrected chi connectivity index (χ4v) is 2.48. The number of nitrogens with zero attached hydrogens (tertiary/aromatic N) is 1. The second-order valence-corrected chi connectivity index (χ2v) is 5.47. The molecule has 106 valence electrons. The summed E-state index contributed by atoms with van der Waals surface area (Å²) in [6.07, 6.45) is 1.73. The van der Waals surface area contributed by atoms with E-state index in [1.165, 1.54) is 6.07 Å². The van der Waals surface area contributed by atoms with E-state index in [1.807, 2.05) is 24.3 Å². The molecular weight excluding hydrogens is 310 g/mol. The van der Waals surface area contributed by atoms with E-state index < -0.39 is 5.82 Å². The van der Waals surface area contributed by atoms with Gasteiger partial charge in [-0.2, -0.15) is 0 Å². The number of hydrogen-bond acceptors (Lipinski definition) is 2. The normalized spacial score (nSPS) is 10.8. The van der Waals surface area contributed by atoms with Gasteiger partial charge >= 0.3 is 0 Å². The zero-order valence-corrected chi connectivity index (χ0v) is 12.4. The summed E-state index contributed by atoms with van der Waals surface area (Å²) in [7, 11) is 0. The Morgan fingerprint density at radius 2 is 1.95 bits per heavy atom. The fourth-order valence-electron chi connectivity index (χ4n) is 2.14. The molecule has 0 atom stereocenters. The van der Waals surface area contributed by atoms with Gasteiger partial charge in [0.1, 0.15) is 5.82 Å². The van der Waals surface area contributed by atoms with Crippen LogP contribution in [0.5, 0.6) is 0 Å². The predicted octanol–water partition coefficient (Wildman–Crippen LogP) is 5.29. The Labute approximate surface area is 131 Å². The molecule has 0 radical (unpaired) electrons. The number of anilines is 1. The first-order chi connectivity index (χ1) is 10.1. The molecule has 0 aliphatic carbocycles. The Hall–Kier alpha value is -1.84. The summed E-state index contributed by atoms with van der Waals surface area (Å²) in [5.74, 6) is -0.426. The minimum atomic E-state index is -0.426. The van der Waals surface area contributed by atoms with Crippen molar-refractivity contribution in [1.29, 1.82) is 0 Å². The first-order valence-corrected chi connectivity index (χ1v) is 7.11. The van der Waals surface area contributed by atoms with E-state index in [-0.39, 0.29) is 5.02 Å². The van der Waals surface area contributed by atoms with Gasteiger partial charge in [0.15, 0.2) is 0 Å². The first-order valence-electron chi connectivity index (χ1n) is 6.35. The lowest BCUT2D eigenvalue weighted by molar-refractivity contribution is 0.626. The minimum Gasteiger partial charge on any atom is -0.379 e. The summed E-state index contributed by atoms with van der Waals surface area (Å²) in [6.45, 7) is 0.458. The third-order valence-electron chi connectivity index (χ3n) is 3.14. The van der Waals surface area contributed by atoms with Gasteiger partial charge < -0.3 is 5.32 Å². The van der Waals surface area contributed by atoms with Crippen LogP contribution >= 0.6 is 23.2 Å². The summed E-state index contributed by atoms with van der Waals surface area (Å²) in [5.41, 5.74) is 2.44. The Balaban J connectivity index is 1.89. The summed E-state index contributed by atoms with van der Waals surface area (Å²) >= 11 is 11.8. The largest absolute Gasteiger partial charge is 0.379 e. The highest BCUT2D eigenvalue weighted by Crippen LogP contribution is 2.27. The molecule has 2 aromatic carbocycles.